The third-order valence-electron chi connectivity index (χ3n) is 2.64. The predicted molar refractivity (Wildman–Crippen MR) is 73.7 cm³/mol. The fourth-order valence-electron chi connectivity index (χ4n) is 1.86. The topological polar surface area (TPSA) is 42.3 Å². The van der Waals surface area contributed by atoms with Crippen LogP contribution in [-0.2, 0) is 9.47 Å². The van der Waals surface area contributed by atoms with Crippen molar-refractivity contribution in [2.75, 3.05) is 13.2 Å². The molecule has 1 aliphatic carbocycles. The number of halogens is 1. The van der Waals surface area contributed by atoms with Crippen LogP contribution in [0.2, 0.25) is 0 Å². The Morgan fingerprint density at radius 3 is 2.37 bits per heavy atom. The molecule has 1 N–H and O–H groups in total. The Bertz CT molecular complexity index is 494. The van der Waals surface area contributed by atoms with Gasteiger partial charge in [0.05, 0.1) is 13.2 Å². The van der Waals surface area contributed by atoms with Crippen molar-refractivity contribution >= 4 is 5.71 Å². The van der Waals surface area contributed by atoms with E-state index in [1.165, 1.54) is 0 Å². The molecule has 4 heteroatoms. The van der Waals surface area contributed by atoms with Crippen LogP contribution in [0.1, 0.15) is 34.1 Å². The highest BCUT2D eigenvalue weighted by molar-refractivity contribution is 6.01. The Labute approximate surface area is 113 Å². The lowest BCUT2D eigenvalue weighted by Crippen LogP contribution is -2.06. The molecule has 19 heavy (non-hydrogen) atoms. The summed E-state index contributed by atoms with van der Waals surface area (Å²) in [5.41, 5.74) is 4.06. The van der Waals surface area contributed by atoms with Gasteiger partial charge in [-0.15, -0.1) is 5.73 Å². The molecule has 104 valence electrons. The summed E-state index contributed by atoms with van der Waals surface area (Å²) in [5, 5.41) is 7.75. The largest absolute Gasteiger partial charge is 0.489 e. The van der Waals surface area contributed by atoms with Crippen LogP contribution in [0.15, 0.2) is 40.3 Å². The molecule has 0 saturated heterocycles. The van der Waals surface area contributed by atoms with Gasteiger partial charge in [0.1, 0.15) is 0 Å². The molecule has 0 saturated carbocycles. The van der Waals surface area contributed by atoms with Crippen molar-refractivity contribution in [3.8, 4) is 0 Å². The Morgan fingerprint density at radius 2 is 1.89 bits per heavy atom. The molecule has 0 aromatic heterocycles. The summed E-state index contributed by atoms with van der Waals surface area (Å²) >= 11 is 0. The van der Waals surface area contributed by atoms with Crippen LogP contribution in [0.4, 0.5) is 4.39 Å². The van der Waals surface area contributed by atoms with Gasteiger partial charge in [0, 0.05) is 22.9 Å². The van der Waals surface area contributed by atoms with E-state index in [1.807, 2.05) is 13.8 Å². The number of rotatable bonds is 6. The third-order valence-corrected chi connectivity index (χ3v) is 2.64. The summed E-state index contributed by atoms with van der Waals surface area (Å²) in [4.78, 5) is 0. The maximum atomic E-state index is 14.6. The molecule has 0 fully saturated rings. The average Bonchev–Trinajstić information content (AvgIpc) is 2.50. The normalized spacial score (nSPS) is 15.3. The van der Waals surface area contributed by atoms with E-state index in [-0.39, 0.29) is 17.0 Å². The Balaban J connectivity index is 3.48. The molecule has 1 rings (SSSR count). The highest BCUT2D eigenvalue weighted by Gasteiger charge is 2.23. The molecule has 0 atom stereocenters. The van der Waals surface area contributed by atoms with Gasteiger partial charge in [-0.3, -0.25) is 0 Å². The summed E-state index contributed by atoms with van der Waals surface area (Å²) < 4.78 is 25.4. The first-order chi connectivity index (χ1) is 9.06. The van der Waals surface area contributed by atoms with E-state index in [0.717, 1.165) is 0 Å². The zero-order valence-electron chi connectivity index (χ0n) is 11.9. The predicted octanol–water partition coefficient (Wildman–Crippen LogP) is 4.04. The molecular weight excluding hydrogens is 245 g/mol. The van der Waals surface area contributed by atoms with Crippen molar-refractivity contribution in [3.63, 3.8) is 0 Å². The Kier molecular flexibility index (Phi) is 5.58. The fraction of sp³-hybridized carbons (Fsp3) is 0.467. The molecule has 0 aromatic rings. The lowest BCUT2D eigenvalue weighted by atomic mass is 9.99. The van der Waals surface area contributed by atoms with E-state index in [2.05, 4.69) is 5.73 Å². The molecule has 0 amide bonds. The molecule has 0 unspecified atom stereocenters. The van der Waals surface area contributed by atoms with Gasteiger partial charge in [-0.1, -0.05) is 6.92 Å². The van der Waals surface area contributed by atoms with Crippen molar-refractivity contribution in [1.29, 1.82) is 5.41 Å². The van der Waals surface area contributed by atoms with Crippen molar-refractivity contribution in [2.24, 2.45) is 0 Å². The summed E-state index contributed by atoms with van der Waals surface area (Å²) in [6.07, 6.45) is 2.18. The molecule has 0 heterocycles. The smallest absolute Gasteiger partial charge is 0.198 e. The van der Waals surface area contributed by atoms with Crippen LogP contribution in [0.3, 0.4) is 0 Å². The first-order valence-corrected chi connectivity index (χ1v) is 6.48. The maximum Gasteiger partial charge on any atom is 0.198 e. The van der Waals surface area contributed by atoms with Gasteiger partial charge < -0.3 is 14.9 Å². The van der Waals surface area contributed by atoms with Crippen LogP contribution in [-0.4, -0.2) is 18.9 Å². The van der Waals surface area contributed by atoms with Crippen LogP contribution < -0.4 is 0 Å². The standard InChI is InChI=1S/C15H20FNO2/c1-5-11-8-9-12(18-6-2)15(19-7-3)14(16)13(11)10(4)17/h9,17H,5-7H2,1-4H3. The second-order valence-corrected chi connectivity index (χ2v) is 3.99. The van der Waals surface area contributed by atoms with Gasteiger partial charge >= 0.3 is 0 Å². The maximum absolute atomic E-state index is 14.6. The summed E-state index contributed by atoms with van der Waals surface area (Å²) in [6.45, 7) is 7.81. The van der Waals surface area contributed by atoms with Crippen molar-refractivity contribution < 1.29 is 13.9 Å². The molecule has 3 nitrogen and oxygen atoms in total. The summed E-state index contributed by atoms with van der Waals surface area (Å²) in [7, 11) is 0. The minimum absolute atomic E-state index is 0.0573. The molecule has 0 aromatic carbocycles. The number of hydrogen-bond acceptors (Lipinski definition) is 3. The highest BCUT2D eigenvalue weighted by Crippen LogP contribution is 2.30. The van der Waals surface area contributed by atoms with E-state index in [1.54, 1.807) is 19.9 Å². The van der Waals surface area contributed by atoms with Gasteiger partial charge in [0.2, 0.25) is 0 Å². The average molecular weight is 265 g/mol. The molecule has 0 radical (unpaired) electrons. The van der Waals surface area contributed by atoms with Gasteiger partial charge in [-0.2, -0.15) is 0 Å². The minimum Gasteiger partial charge on any atom is -0.489 e. The molecule has 0 aliphatic heterocycles. The number of nitrogens with one attached hydrogen (secondary N) is 1. The quantitative estimate of drug-likeness (QED) is 0.581. The number of allylic oxidation sites excluding steroid dienone is 3. The van der Waals surface area contributed by atoms with E-state index < -0.39 is 5.83 Å². The molecule has 0 bridgehead atoms. The third kappa shape index (κ3) is 3.36. The van der Waals surface area contributed by atoms with Crippen molar-refractivity contribution in [2.45, 2.75) is 34.1 Å². The van der Waals surface area contributed by atoms with E-state index in [9.17, 15) is 4.39 Å². The summed E-state index contributed by atoms with van der Waals surface area (Å²) in [5.74, 6) is -0.165. The SMILES string of the molecule is CCOC1=C(OCC)C(F)=C(C(C)=N)C(CC)=C=C1. The second-order valence-electron chi connectivity index (χ2n) is 3.99. The molecule has 0 spiro atoms. The van der Waals surface area contributed by atoms with Gasteiger partial charge in [0.15, 0.2) is 17.3 Å². The summed E-state index contributed by atoms with van der Waals surface area (Å²) in [6, 6.07) is 0. The van der Waals surface area contributed by atoms with Crippen LogP contribution in [0.5, 0.6) is 0 Å². The Hall–Kier alpha value is -1.80. The van der Waals surface area contributed by atoms with Crippen molar-refractivity contribution in [1.82, 2.24) is 0 Å². The lowest BCUT2D eigenvalue weighted by Gasteiger charge is -2.13. The van der Waals surface area contributed by atoms with Crippen LogP contribution >= 0.6 is 0 Å². The number of hydrogen-bond donors (Lipinski definition) is 1. The number of ether oxygens (including phenoxy) is 2. The van der Waals surface area contributed by atoms with E-state index in [4.69, 9.17) is 14.9 Å². The minimum atomic E-state index is -0.545. The molecule has 1 aliphatic rings. The zero-order chi connectivity index (χ0) is 14.4. The Morgan fingerprint density at radius 1 is 1.26 bits per heavy atom. The lowest BCUT2D eigenvalue weighted by molar-refractivity contribution is 0.173. The second kappa shape index (κ2) is 6.95. The first kappa shape index (κ1) is 15.3. The van der Waals surface area contributed by atoms with Crippen molar-refractivity contribution in [3.05, 3.63) is 40.3 Å². The zero-order valence-corrected chi connectivity index (χ0v) is 11.9. The molecular formula is C15H20FNO2. The van der Waals surface area contributed by atoms with Crippen LogP contribution in [0, 0.1) is 5.41 Å². The highest BCUT2D eigenvalue weighted by atomic mass is 19.1. The van der Waals surface area contributed by atoms with E-state index in [0.29, 0.717) is 31.0 Å². The van der Waals surface area contributed by atoms with Gasteiger partial charge in [0.25, 0.3) is 0 Å². The monoisotopic (exact) mass is 265 g/mol. The van der Waals surface area contributed by atoms with Gasteiger partial charge in [-0.25, -0.2) is 4.39 Å². The fourth-order valence-corrected chi connectivity index (χ4v) is 1.86. The van der Waals surface area contributed by atoms with Gasteiger partial charge in [-0.05, 0) is 27.2 Å². The first-order valence-electron chi connectivity index (χ1n) is 6.48. The van der Waals surface area contributed by atoms with E-state index >= 15 is 0 Å². The van der Waals surface area contributed by atoms with Crippen LogP contribution in [0.25, 0.3) is 0 Å².